The van der Waals surface area contributed by atoms with Gasteiger partial charge >= 0.3 is 0 Å². The van der Waals surface area contributed by atoms with Gasteiger partial charge in [-0.1, -0.05) is 11.8 Å². The van der Waals surface area contributed by atoms with Gasteiger partial charge in [0.25, 0.3) is 0 Å². The van der Waals surface area contributed by atoms with E-state index in [-0.39, 0.29) is 0 Å². The third-order valence-electron chi connectivity index (χ3n) is 3.92. The molecule has 25 heavy (non-hydrogen) atoms. The van der Waals surface area contributed by atoms with Crippen LogP contribution >= 0.6 is 23.1 Å². The van der Waals surface area contributed by atoms with Gasteiger partial charge < -0.3 is 20.1 Å². The van der Waals surface area contributed by atoms with Crippen LogP contribution in [0, 0.1) is 5.92 Å². The van der Waals surface area contributed by atoms with E-state index in [0.29, 0.717) is 5.92 Å². The Labute approximate surface area is 159 Å². The van der Waals surface area contributed by atoms with Gasteiger partial charge in [0.1, 0.15) is 4.34 Å². The minimum Gasteiger partial charge on any atom is -0.381 e. The van der Waals surface area contributed by atoms with E-state index in [1.807, 2.05) is 23.3 Å². The molecule has 0 spiro atoms. The van der Waals surface area contributed by atoms with Crippen molar-refractivity contribution in [2.45, 2.75) is 30.0 Å². The van der Waals surface area contributed by atoms with Gasteiger partial charge in [0.2, 0.25) is 0 Å². The second kappa shape index (κ2) is 13.4. The van der Waals surface area contributed by atoms with Crippen molar-refractivity contribution in [1.29, 1.82) is 0 Å². The van der Waals surface area contributed by atoms with Gasteiger partial charge in [-0.25, -0.2) is 4.98 Å². The summed E-state index contributed by atoms with van der Waals surface area (Å²) < 4.78 is 12.3. The van der Waals surface area contributed by atoms with Gasteiger partial charge in [-0.2, -0.15) is 0 Å². The number of aromatic nitrogens is 1. The molecule has 0 atom stereocenters. The smallest absolute Gasteiger partial charge is 0.190 e. The van der Waals surface area contributed by atoms with Crippen molar-refractivity contribution in [1.82, 2.24) is 15.6 Å². The Hall–Kier alpha value is -0.830. The average Bonchev–Trinajstić information content (AvgIpc) is 3.17. The molecule has 8 heteroatoms. The molecule has 0 radical (unpaired) electrons. The summed E-state index contributed by atoms with van der Waals surface area (Å²) in [6.07, 6.45) is 6.19. The minimum absolute atomic E-state index is 0.679. The average molecular weight is 387 g/mol. The molecule has 1 fully saturated rings. The van der Waals surface area contributed by atoms with Crippen molar-refractivity contribution in [3.63, 3.8) is 0 Å². The second-order valence-corrected chi connectivity index (χ2v) is 8.15. The zero-order valence-corrected chi connectivity index (χ0v) is 16.7. The zero-order chi connectivity index (χ0) is 17.6. The van der Waals surface area contributed by atoms with Crippen LogP contribution in [0.5, 0.6) is 0 Å². The molecule has 6 nitrogen and oxygen atoms in total. The lowest BCUT2D eigenvalue weighted by Crippen LogP contribution is -2.38. The van der Waals surface area contributed by atoms with Gasteiger partial charge in [-0.05, 0) is 31.6 Å². The molecular formula is C17H30N4O2S2. The van der Waals surface area contributed by atoms with E-state index in [1.54, 1.807) is 18.4 Å². The predicted octanol–water partition coefficient (Wildman–Crippen LogP) is 2.62. The molecular weight excluding hydrogens is 356 g/mol. The Morgan fingerprint density at radius 3 is 2.88 bits per heavy atom. The van der Waals surface area contributed by atoms with Crippen molar-refractivity contribution in [2.75, 3.05) is 52.3 Å². The topological polar surface area (TPSA) is 67.8 Å². The van der Waals surface area contributed by atoms with Gasteiger partial charge in [0.05, 0.1) is 0 Å². The fourth-order valence-electron chi connectivity index (χ4n) is 2.48. The summed E-state index contributed by atoms with van der Waals surface area (Å²) in [5.74, 6) is 2.61. The highest BCUT2D eigenvalue weighted by molar-refractivity contribution is 8.00. The molecule has 0 saturated carbocycles. The van der Waals surface area contributed by atoms with Gasteiger partial charge in [0, 0.05) is 63.9 Å². The monoisotopic (exact) mass is 386 g/mol. The summed E-state index contributed by atoms with van der Waals surface area (Å²) in [4.78, 5) is 8.52. The summed E-state index contributed by atoms with van der Waals surface area (Å²) >= 11 is 3.50. The Morgan fingerprint density at radius 1 is 1.36 bits per heavy atom. The van der Waals surface area contributed by atoms with Crippen LogP contribution in [0.15, 0.2) is 20.9 Å². The van der Waals surface area contributed by atoms with Crippen LogP contribution in [0.25, 0.3) is 0 Å². The highest BCUT2D eigenvalue weighted by Gasteiger charge is 2.13. The SMILES string of the molecule is CN=C(NCCCOCC1CCOCC1)NCCCSc1nccs1. The molecule has 1 aliphatic rings. The highest BCUT2D eigenvalue weighted by atomic mass is 32.2. The number of hydrogen-bond acceptors (Lipinski definition) is 6. The maximum absolute atomic E-state index is 5.77. The molecule has 0 amide bonds. The van der Waals surface area contributed by atoms with Crippen molar-refractivity contribution >= 4 is 29.1 Å². The van der Waals surface area contributed by atoms with E-state index in [0.717, 1.165) is 81.3 Å². The van der Waals surface area contributed by atoms with E-state index in [2.05, 4.69) is 20.6 Å². The molecule has 1 aliphatic heterocycles. The summed E-state index contributed by atoms with van der Waals surface area (Å²) in [5.41, 5.74) is 0. The van der Waals surface area contributed by atoms with Gasteiger partial charge in [-0.15, -0.1) is 11.3 Å². The van der Waals surface area contributed by atoms with Crippen LogP contribution in [-0.2, 0) is 9.47 Å². The Bertz CT molecular complexity index is 465. The number of aliphatic imine (C=N–C) groups is 1. The van der Waals surface area contributed by atoms with E-state index in [4.69, 9.17) is 9.47 Å². The molecule has 2 rings (SSSR count). The number of guanidine groups is 1. The first-order valence-corrected chi connectivity index (χ1v) is 10.9. The lowest BCUT2D eigenvalue weighted by atomic mass is 10.0. The largest absolute Gasteiger partial charge is 0.381 e. The van der Waals surface area contributed by atoms with Crippen molar-refractivity contribution in [3.8, 4) is 0 Å². The molecule has 0 unspecified atom stereocenters. The number of rotatable bonds is 11. The second-order valence-electron chi connectivity index (χ2n) is 5.91. The molecule has 2 N–H and O–H groups in total. The lowest BCUT2D eigenvalue weighted by Gasteiger charge is -2.21. The number of hydrogen-bond donors (Lipinski definition) is 2. The maximum Gasteiger partial charge on any atom is 0.190 e. The molecule has 0 aromatic carbocycles. The van der Waals surface area contributed by atoms with E-state index in [1.165, 1.54) is 0 Å². The molecule has 2 heterocycles. The van der Waals surface area contributed by atoms with E-state index in [9.17, 15) is 0 Å². The van der Waals surface area contributed by atoms with Crippen LogP contribution in [0.2, 0.25) is 0 Å². The zero-order valence-electron chi connectivity index (χ0n) is 15.0. The van der Waals surface area contributed by atoms with Crippen LogP contribution in [0.4, 0.5) is 0 Å². The molecule has 0 bridgehead atoms. The van der Waals surface area contributed by atoms with E-state index < -0.39 is 0 Å². The molecule has 1 aromatic rings. The summed E-state index contributed by atoms with van der Waals surface area (Å²) in [5, 5.41) is 8.69. The Balaban J connectivity index is 1.40. The van der Waals surface area contributed by atoms with Gasteiger partial charge in [-0.3, -0.25) is 4.99 Å². The minimum atomic E-state index is 0.679. The number of thioether (sulfide) groups is 1. The fourth-order valence-corrected chi connectivity index (χ4v) is 4.13. The molecule has 0 aliphatic carbocycles. The van der Waals surface area contributed by atoms with Crippen molar-refractivity contribution < 1.29 is 9.47 Å². The highest BCUT2D eigenvalue weighted by Crippen LogP contribution is 2.20. The van der Waals surface area contributed by atoms with Crippen LogP contribution in [0.1, 0.15) is 25.7 Å². The summed E-state index contributed by atoms with van der Waals surface area (Å²) in [6.45, 7) is 5.23. The third-order valence-corrected chi connectivity index (χ3v) is 5.98. The molecule has 142 valence electrons. The molecule has 1 aromatic heterocycles. The standard InChI is InChI=1S/C17H30N4O2S2/c1-18-16(20-7-3-12-24-17-21-8-13-25-17)19-6-2-9-23-14-15-4-10-22-11-5-15/h8,13,15H,2-7,9-12,14H2,1H3,(H2,18,19,20). The van der Waals surface area contributed by atoms with Crippen molar-refractivity contribution in [3.05, 3.63) is 11.6 Å². The Kier molecular flexibility index (Phi) is 11.0. The summed E-state index contributed by atoms with van der Waals surface area (Å²) in [6, 6.07) is 0. The molecule has 1 saturated heterocycles. The normalized spacial score (nSPS) is 16.1. The van der Waals surface area contributed by atoms with Crippen molar-refractivity contribution in [2.24, 2.45) is 10.9 Å². The third kappa shape index (κ3) is 9.44. The number of ether oxygens (including phenoxy) is 2. The predicted molar refractivity (Wildman–Crippen MR) is 106 cm³/mol. The number of nitrogens with one attached hydrogen (secondary N) is 2. The quantitative estimate of drug-likeness (QED) is 0.264. The van der Waals surface area contributed by atoms with Crippen LogP contribution in [-0.4, -0.2) is 63.3 Å². The first-order chi connectivity index (χ1) is 12.4. The number of thiazole rings is 1. The maximum atomic E-state index is 5.77. The first-order valence-electron chi connectivity index (χ1n) is 9.01. The lowest BCUT2D eigenvalue weighted by molar-refractivity contribution is 0.0203. The first kappa shape index (κ1) is 20.5. The van der Waals surface area contributed by atoms with Crippen LogP contribution in [0.3, 0.4) is 0 Å². The fraction of sp³-hybridized carbons (Fsp3) is 0.765. The van der Waals surface area contributed by atoms with E-state index >= 15 is 0 Å². The Morgan fingerprint density at radius 2 is 2.16 bits per heavy atom. The van der Waals surface area contributed by atoms with Gasteiger partial charge in [0.15, 0.2) is 5.96 Å². The van der Waals surface area contributed by atoms with Crippen LogP contribution < -0.4 is 10.6 Å². The number of nitrogens with zero attached hydrogens (tertiary/aromatic N) is 2. The summed E-state index contributed by atoms with van der Waals surface area (Å²) in [7, 11) is 1.81.